The van der Waals surface area contributed by atoms with Crippen LogP contribution in [0.25, 0.3) is 10.9 Å². The first-order valence-corrected chi connectivity index (χ1v) is 7.05. The van der Waals surface area contributed by atoms with Gasteiger partial charge in [0.15, 0.2) is 5.82 Å². The molecular weight excluding hydrogens is 307 g/mol. The fraction of sp³-hybridized carbons (Fsp3) is 0.0667. The lowest BCUT2D eigenvalue weighted by Crippen LogP contribution is -2.00. The van der Waals surface area contributed by atoms with E-state index in [4.69, 9.17) is 28.9 Å². The second-order valence-electron chi connectivity index (χ2n) is 4.64. The van der Waals surface area contributed by atoms with Gasteiger partial charge in [0, 0.05) is 11.1 Å². The maximum Gasteiger partial charge on any atom is 0.151 e. The third-order valence-electron chi connectivity index (χ3n) is 3.07. The Bertz CT molecular complexity index is 833. The van der Waals surface area contributed by atoms with Crippen LogP contribution in [0.4, 0.5) is 17.3 Å². The highest BCUT2D eigenvalue weighted by atomic mass is 35.5. The summed E-state index contributed by atoms with van der Waals surface area (Å²) in [5, 5.41) is 4.93. The molecule has 0 aliphatic carbocycles. The Hall–Kier alpha value is -2.04. The third kappa shape index (κ3) is 2.73. The molecule has 0 radical (unpaired) electrons. The highest BCUT2D eigenvalue weighted by Gasteiger charge is 2.09. The van der Waals surface area contributed by atoms with Gasteiger partial charge in [-0.05, 0) is 25.1 Å². The fourth-order valence-electron chi connectivity index (χ4n) is 2.04. The van der Waals surface area contributed by atoms with Gasteiger partial charge in [-0.1, -0.05) is 41.4 Å². The van der Waals surface area contributed by atoms with E-state index >= 15 is 0 Å². The van der Waals surface area contributed by atoms with E-state index < -0.39 is 0 Å². The molecule has 4 nitrogen and oxygen atoms in total. The van der Waals surface area contributed by atoms with Crippen molar-refractivity contribution < 1.29 is 0 Å². The molecule has 0 atom stereocenters. The summed E-state index contributed by atoms with van der Waals surface area (Å²) in [7, 11) is 0. The van der Waals surface area contributed by atoms with Crippen LogP contribution in [-0.4, -0.2) is 9.97 Å². The van der Waals surface area contributed by atoms with E-state index in [0.717, 1.165) is 22.3 Å². The second-order valence-corrected chi connectivity index (χ2v) is 5.46. The van der Waals surface area contributed by atoms with Crippen molar-refractivity contribution in [1.82, 2.24) is 9.97 Å². The minimum Gasteiger partial charge on any atom is -0.382 e. The van der Waals surface area contributed by atoms with E-state index in [1.807, 2.05) is 37.3 Å². The molecule has 2 aromatic heterocycles. The van der Waals surface area contributed by atoms with Gasteiger partial charge in [0.25, 0.3) is 0 Å². The van der Waals surface area contributed by atoms with Crippen LogP contribution >= 0.6 is 23.2 Å². The summed E-state index contributed by atoms with van der Waals surface area (Å²) in [5.41, 5.74) is 8.32. The number of hydrogen-bond acceptors (Lipinski definition) is 4. The summed E-state index contributed by atoms with van der Waals surface area (Å²) < 4.78 is 0. The lowest BCUT2D eigenvalue weighted by Gasteiger charge is -2.11. The Morgan fingerprint density at radius 2 is 1.86 bits per heavy atom. The van der Waals surface area contributed by atoms with Gasteiger partial charge in [0.1, 0.15) is 5.82 Å². The standard InChI is InChI=1S/C15H12Cl2N4/c1-8-5-6-9-3-2-4-12(13(9)19-8)20-15-11(17)7-10(16)14(18)21-15/h2-7H,1H3,(H3,18,20,21). The smallest absolute Gasteiger partial charge is 0.151 e. The molecule has 0 fully saturated rings. The summed E-state index contributed by atoms with van der Waals surface area (Å²) >= 11 is 12.0. The Morgan fingerprint density at radius 3 is 2.67 bits per heavy atom. The van der Waals surface area contributed by atoms with Crippen molar-refractivity contribution in [2.24, 2.45) is 0 Å². The molecule has 0 bridgehead atoms. The maximum atomic E-state index is 6.15. The first-order valence-electron chi connectivity index (χ1n) is 6.29. The average molecular weight is 319 g/mol. The first kappa shape index (κ1) is 13.9. The number of benzene rings is 1. The molecule has 1 aromatic carbocycles. The molecule has 106 valence electrons. The van der Waals surface area contributed by atoms with Crippen LogP contribution in [0.5, 0.6) is 0 Å². The number of pyridine rings is 2. The number of fused-ring (bicyclic) bond motifs is 1. The molecule has 0 aliphatic heterocycles. The predicted molar refractivity (Wildman–Crippen MR) is 88.4 cm³/mol. The summed E-state index contributed by atoms with van der Waals surface area (Å²) in [6, 6.07) is 11.4. The third-order valence-corrected chi connectivity index (χ3v) is 3.66. The zero-order valence-electron chi connectivity index (χ0n) is 11.2. The molecule has 3 rings (SSSR count). The number of para-hydroxylation sites is 1. The lowest BCUT2D eigenvalue weighted by atomic mass is 10.1. The number of aryl methyl sites for hydroxylation is 1. The second kappa shape index (κ2) is 5.39. The van der Waals surface area contributed by atoms with Crippen LogP contribution in [0.3, 0.4) is 0 Å². The molecular formula is C15H12Cl2N4. The predicted octanol–water partition coefficient (Wildman–Crippen LogP) is 4.57. The monoisotopic (exact) mass is 318 g/mol. The van der Waals surface area contributed by atoms with Gasteiger partial charge in [-0.2, -0.15) is 0 Å². The van der Waals surface area contributed by atoms with Gasteiger partial charge in [-0.25, -0.2) is 4.98 Å². The van der Waals surface area contributed by atoms with Crippen LogP contribution in [0.2, 0.25) is 10.0 Å². The topological polar surface area (TPSA) is 63.8 Å². The van der Waals surface area contributed by atoms with Gasteiger partial charge in [0.2, 0.25) is 0 Å². The van der Waals surface area contributed by atoms with E-state index in [2.05, 4.69) is 15.3 Å². The number of halogens is 2. The van der Waals surface area contributed by atoms with Gasteiger partial charge >= 0.3 is 0 Å². The Morgan fingerprint density at radius 1 is 1.05 bits per heavy atom. The van der Waals surface area contributed by atoms with Crippen LogP contribution in [-0.2, 0) is 0 Å². The van der Waals surface area contributed by atoms with Gasteiger partial charge < -0.3 is 11.1 Å². The van der Waals surface area contributed by atoms with E-state index in [9.17, 15) is 0 Å². The summed E-state index contributed by atoms with van der Waals surface area (Å²) in [4.78, 5) is 8.72. The highest BCUT2D eigenvalue weighted by molar-refractivity contribution is 6.37. The Kier molecular flexibility index (Phi) is 3.57. The van der Waals surface area contributed by atoms with E-state index in [0.29, 0.717) is 15.9 Å². The number of nitrogen functional groups attached to an aromatic ring is 1. The van der Waals surface area contributed by atoms with E-state index in [-0.39, 0.29) is 5.82 Å². The molecule has 0 spiro atoms. The Balaban J connectivity index is 2.10. The molecule has 6 heteroatoms. The largest absolute Gasteiger partial charge is 0.382 e. The molecule has 0 saturated carbocycles. The van der Waals surface area contributed by atoms with Gasteiger partial charge in [0.05, 0.1) is 21.2 Å². The minimum absolute atomic E-state index is 0.230. The Labute approximate surface area is 131 Å². The maximum absolute atomic E-state index is 6.15. The quantitative estimate of drug-likeness (QED) is 0.726. The number of anilines is 3. The normalized spacial score (nSPS) is 10.8. The molecule has 0 unspecified atom stereocenters. The minimum atomic E-state index is 0.230. The van der Waals surface area contributed by atoms with Gasteiger partial charge in [-0.15, -0.1) is 0 Å². The first-order chi connectivity index (χ1) is 10.0. The van der Waals surface area contributed by atoms with Gasteiger partial charge in [-0.3, -0.25) is 4.98 Å². The summed E-state index contributed by atoms with van der Waals surface area (Å²) in [6.07, 6.45) is 0. The molecule has 2 heterocycles. The van der Waals surface area contributed by atoms with Crippen molar-refractivity contribution in [1.29, 1.82) is 0 Å². The fourth-order valence-corrected chi connectivity index (χ4v) is 2.45. The molecule has 0 saturated heterocycles. The zero-order valence-corrected chi connectivity index (χ0v) is 12.7. The van der Waals surface area contributed by atoms with Crippen molar-refractivity contribution in [2.45, 2.75) is 6.92 Å². The van der Waals surface area contributed by atoms with E-state index in [1.165, 1.54) is 0 Å². The summed E-state index contributed by atoms with van der Waals surface area (Å²) in [6.45, 7) is 1.95. The van der Waals surface area contributed by atoms with Crippen molar-refractivity contribution in [2.75, 3.05) is 11.1 Å². The zero-order chi connectivity index (χ0) is 15.0. The van der Waals surface area contributed by atoms with Crippen LogP contribution < -0.4 is 11.1 Å². The highest BCUT2D eigenvalue weighted by Crippen LogP contribution is 2.31. The SMILES string of the molecule is Cc1ccc2cccc(Nc3nc(N)c(Cl)cc3Cl)c2n1. The van der Waals surface area contributed by atoms with Crippen molar-refractivity contribution >= 4 is 51.4 Å². The van der Waals surface area contributed by atoms with Crippen molar-refractivity contribution in [3.05, 3.63) is 52.1 Å². The number of nitrogens with zero attached hydrogens (tertiary/aromatic N) is 2. The van der Waals surface area contributed by atoms with Crippen molar-refractivity contribution in [3.8, 4) is 0 Å². The van der Waals surface area contributed by atoms with Crippen molar-refractivity contribution in [3.63, 3.8) is 0 Å². The van der Waals surface area contributed by atoms with Crippen LogP contribution in [0.15, 0.2) is 36.4 Å². The van der Waals surface area contributed by atoms with Crippen LogP contribution in [0.1, 0.15) is 5.69 Å². The molecule has 0 aliphatic rings. The average Bonchev–Trinajstić information content (AvgIpc) is 2.45. The molecule has 3 aromatic rings. The van der Waals surface area contributed by atoms with E-state index in [1.54, 1.807) is 6.07 Å². The molecule has 21 heavy (non-hydrogen) atoms. The molecule has 0 amide bonds. The number of aromatic nitrogens is 2. The number of hydrogen-bond donors (Lipinski definition) is 2. The lowest BCUT2D eigenvalue weighted by molar-refractivity contribution is 1.25. The summed E-state index contributed by atoms with van der Waals surface area (Å²) in [5.74, 6) is 0.683. The molecule has 3 N–H and O–H groups in total. The number of nitrogens with one attached hydrogen (secondary N) is 1. The van der Waals surface area contributed by atoms with Crippen LogP contribution in [0, 0.1) is 6.92 Å². The number of rotatable bonds is 2. The number of nitrogens with two attached hydrogens (primary N) is 1.